The van der Waals surface area contributed by atoms with E-state index in [-0.39, 0.29) is 10.4 Å². The number of sulfonamides is 1. The van der Waals surface area contributed by atoms with Gasteiger partial charge in [-0.15, -0.1) is 0 Å². The Morgan fingerprint density at radius 3 is 2.81 bits per heavy atom. The molecule has 1 saturated heterocycles. The molecule has 1 aromatic heterocycles. The number of hydrogen-bond donors (Lipinski definition) is 0. The van der Waals surface area contributed by atoms with Gasteiger partial charge in [-0.1, -0.05) is 0 Å². The van der Waals surface area contributed by atoms with Crippen LogP contribution in [0.5, 0.6) is 5.88 Å². The molecular formula is C13H22N4O3S. The highest BCUT2D eigenvalue weighted by Crippen LogP contribution is 2.34. The van der Waals surface area contributed by atoms with Crippen LogP contribution in [-0.2, 0) is 16.6 Å². The monoisotopic (exact) mass is 314 g/mol. The number of rotatable bonds is 3. The highest BCUT2D eigenvalue weighted by atomic mass is 32.2. The molecule has 2 aliphatic rings. The lowest BCUT2D eigenvalue weighted by molar-refractivity contribution is 0.187. The van der Waals surface area contributed by atoms with E-state index in [0.29, 0.717) is 32.1 Å². The van der Waals surface area contributed by atoms with Crippen LogP contribution in [0.25, 0.3) is 0 Å². The maximum Gasteiger partial charge on any atom is 0.250 e. The van der Waals surface area contributed by atoms with Crippen molar-refractivity contribution in [1.82, 2.24) is 19.0 Å². The molecule has 0 aromatic carbocycles. The van der Waals surface area contributed by atoms with Crippen LogP contribution in [0.4, 0.5) is 0 Å². The molecule has 0 radical (unpaired) electrons. The highest BCUT2D eigenvalue weighted by Gasteiger charge is 2.43. The summed E-state index contributed by atoms with van der Waals surface area (Å²) >= 11 is 0. The molecule has 3 heterocycles. The van der Waals surface area contributed by atoms with Crippen LogP contribution >= 0.6 is 0 Å². The highest BCUT2D eigenvalue weighted by molar-refractivity contribution is 7.89. The average Bonchev–Trinajstić information content (AvgIpc) is 3.03. The van der Waals surface area contributed by atoms with Crippen molar-refractivity contribution >= 4 is 10.0 Å². The van der Waals surface area contributed by atoms with E-state index in [1.807, 2.05) is 14.1 Å². The Kier molecular flexibility index (Phi) is 3.50. The zero-order chi connectivity index (χ0) is 15.3. The van der Waals surface area contributed by atoms with Gasteiger partial charge in [-0.3, -0.25) is 0 Å². The summed E-state index contributed by atoms with van der Waals surface area (Å²) in [7, 11) is 0.431. The maximum atomic E-state index is 12.9. The van der Waals surface area contributed by atoms with Gasteiger partial charge in [-0.05, 0) is 27.4 Å². The third kappa shape index (κ3) is 2.35. The fourth-order valence-electron chi connectivity index (χ4n) is 2.83. The lowest BCUT2D eigenvalue weighted by Gasteiger charge is -2.32. The Morgan fingerprint density at radius 1 is 1.38 bits per heavy atom. The van der Waals surface area contributed by atoms with Gasteiger partial charge in [-0.2, -0.15) is 9.40 Å². The van der Waals surface area contributed by atoms with E-state index >= 15 is 0 Å². The molecule has 2 aliphatic heterocycles. The van der Waals surface area contributed by atoms with Crippen LogP contribution in [0.15, 0.2) is 11.1 Å². The molecule has 1 fully saturated rings. The molecule has 7 nitrogen and oxygen atoms in total. The predicted octanol–water partition coefficient (Wildman–Crippen LogP) is 0.380. The number of aryl methyl sites for hydroxylation is 1. The molecule has 1 unspecified atom stereocenters. The second-order valence-corrected chi connectivity index (χ2v) is 8.13. The van der Waals surface area contributed by atoms with Crippen LogP contribution in [0.3, 0.4) is 0 Å². The van der Waals surface area contributed by atoms with Gasteiger partial charge in [0.25, 0.3) is 0 Å². The van der Waals surface area contributed by atoms with Gasteiger partial charge in [0.2, 0.25) is 15.9 Å². The molecule has 0 saturated carbocycles. The summed E-state index contributed by atoms with van der Waals surface area (Å²) in [6.07, 6.45) is 3.10. The summed E-state index contributed by atoms with van der Waals surface area (Å²) < 4.78 is 34.4. The molecule has 0 aliphatic carbocycles. The van der Waals surface area contributed by atoms with E-state index in [1.165, 1.54) is 6.20 Å². The van der Waals surface area contributed by atoms with Gasteiger partial charge in [0.1, 0.15) is 0 Å². The molecule has 0 spiro atoms. The van der Waals surface area contributed by atoms with Gasteiger partial charge in [0.05, 0.1) is 12.8 Å². The SMILES string of the molecule is CN(C)C1(C)CCN(S(=O)(=O)c2cnn3c2OCCC3)C1. The number of ether oxygens (including phenoxy) is 1. The topological polar surface area (TPSA) is 67.7 Å². The second-order valence-electron chi connectivity index (χ2n) is 6.22. The summed E-state index contributed by atoms with van der Waals surface area (Å²) in [5, 5.41) is 4.14. The Balaban J connectivity index is 1.90. The number of nitrogens with zero attached hydrogens (tertiary/aromatic N) is 4. The van der Waals surface area contributed by atoms with E-state index in [4.69, 9.17) is 4.74 Å². The third-order valence-corrected chi connectivity index (χ3v) is 6.45. The molecule has 118 valence electrons. The molecule has 3 rings (SSSR count). The van der Waals surface area contributed by atoms with Crippen LogP contribution in [-0.4, -0.2) is 66.7 Å². The van der Waals surface area contributed by atoms with Crippen molar-refractivity contribution < 1.29 is 13.2 Å². The molecule has 21 heavy (non-hydrogen) atoms. The Labute approximate surface area is 125 Å². The second kappa shape index (κ2) is 4.96. The Hall–Kier alpha value is -1.12. The molecule has 1 aromatic rings. The number of fused-ring (bicyclic) bond motifs is 1. The first kappa shape index (κ1) is 14.8. The largest absolute Gasteiger partial charge is 0.477 e. The summed E-state index contributed by atoms with van der Waals surface area (Å²) in [5.41, 5.74) is -0.124. The van der Waals surface area contributed by atoms with Crippen LogP contribution in [0, 0.1) is 0 Å². The predicted molar refractivity (Wildman–Crippen MR) is 77.8 cm³/mol. The van der Waals surface area contributed by atoms with Crippen molar-refractivity contribution in [1.29, 1.82) is 0 Å². The third-order valence-electron chi connectivity index (χ3n) is 4.63. The first-order chi connectivity index (χ1) is 9.84. The van der Waals surface area contributed by atoms with E-state index in [1.54, 1.807) is 8.99 Å². The van der Waals surface area contributed by atoms with Crippen molar-refractivity contribution in [2.75, 3.05) is 33.8 Å². The number of aromatic nitrogens is 2. The van der Waals surface area contributed by atoms with E-state index < -0.39 is 10.0 Å². The standard InChI is InChI=1S/C13H22N4O3S/c1-13(15(2)3)5-7-16(10-13)21(18,19)11-9-14-17-6-4-8-20-12(11)17/h9H,4-8,10H2,1-3H3. The van der Waals surface area contributed by atoms with Gasteiger partial charge >= 0.3 is 0 Å². The van der Waals surface area contributed by atoms with Crippen LogP contribution in [0.1, 0.15) is 19.8 Å². The van der Waals surface area contributed by atoms with Crippen LogP contribution < -0.4 is 4.74 Å². The first-order valence-corrected chi connectivity index (χ1v) is 8.65. The van der Waals surface area contributed by atoms with E-state index in [2.05, 4.69) is 16.9 Å². The number of hydrogen-bond acceptors (Lipinski definition) is 5. The molecule has 1 atom stereocenters. The summed E-state index contributed by atoms with van der Waals surface area (Å²) in [6.45, 7) is 4.37. The minimum atomic E-state index is -3.54. The minimum Gasteiger partial charge on any atom is -0.477 e. The van der Waals surface area contributed by atoms with Gasteiger partial charge in [0, 0.05) is 31.6 Å². The molecule has 0 N–H and O–H groups in total. The van der Waals surface area contributed by atoms with Crippen molar-refractivity contribution in [2.45, 2.75) is 36.7 Å². The van der Waals surface area contributed by atoms with Crippen molar-refractivity contribution in [3.05, 3.63) is 6.20 Å². The quantitative estimate of drug-likeness (QED) is 0.807. The Morgan fingerprint density at radius 2 is 2.14 bits per heavy atom. The van der Waals surface area contributed by atoms with Crippen molar-refractivity contribution in [3.63, 3.8) is 0 Å². The fraction of sp³-hybridized carbons (Fsp3) is 0.769. The maximum absolute atomic E-state index is 12.9. The van der Waals surface area contributed by atoms with Gasteiger partial charge in [-0.25, -0.2) is 13.1 Å². The van der Waals surface area contributed by atoms with E-state index in [0.717, 1.165) is 12.8 Å². The van der Waals surface area contributed by atoms with Crippen molar-refractivity contribution in [3.8, 4) is 5.88 Å². The molecule has 0 bridgehead atoms. The zero-order valence-corrected chi connectivity index (χ0v) is 13.6. The molecular weight excluding hydrogens is 292 g/mol. The summed E-state index contributed by atoms with van der Waals surface area (Å²) in [6, 6.07) is 0. The zero-order valence-electron chi connectivity index (χ0n) is 12.7. The average molecular weight is 314 g/mol. The first-order valence-electron chi connectivity index (χ1n) is 7.21. The lowest BCUT2D eigenvalue weighted by Crippen LogP contribution is -2.44. The smallest absolute Gasteiger partial charge is 0.250 e. The fourth-order valence-corrected chi connectivity index (χ4v) is 4.46. The molecule has 8 heteroatoms. The normalized spacial score (nSPS) is 26.9. The Bertz CT molecular complexity index is 640. The van der Waals surface area contributed by atoms with Crippen molar-refractivity contribution in [2.24, 2.45) is 0 Å². The molecule has 0 amide bonds. The van der Waals surface area contributed by atoms with Crippen LogP contribution in [0.2, 0.25) is 0 Å². The van der Waals surface area contributed by atoms with E-state index in [9.17, 15) is 8.42 Å². The summed E-state index contributed by atoms with van der Waals surface area (Å²) in [4.78, 5) is 2.29. The van der Waals surface area contributed by atoms with Gasteiger partial charge < -0.3 is 9.64 Å². The van der Waals surface area contributed by atoms with Gasteiger partial charge in [0.15, 0.2) is 4.90 Å². The lowest BCUT2D eigenvalue weighted by atomic mass is 10.0. The summed E-state index contributed by atoms with van der Waals surface area (Å²) in [5.74, 6) is 0.389. The number of likely N-dealkylation sites (N-methyl/N-ethyl adjacent to an activating group) is 1. The minimum absolute atomic E-state index is 0.124.